The van der Waals surface area contributed by atoms with Crippen molar-refractivity contribution in [1.29, 1.82) is 0 Å². The first-order valence-electron chi connectivity index (χ1n) is 6.17. The maximum atomic E-state index is 5.80. The van der Waals surface area contributed by atoms with Gasteiger partial charge >= 0.3 is 0 Å². The maximum absolute atomic E-state index is 5.80. The summed E-state index contributed by atoms with van der Waals surface area (Å²) < 4.78 is 5.56. The predicted octanol–water partition coefficient (Wildman–Crippen LogP) is 1.91. The van der Waals surface area contributed by atoms with Gasteiger partial charge in [-0.25, -0.2) is 0 Å². The predicted molar refractivity (Wildman–Crippen MR) is 64.2 cm³/mol. The third-order valence-corrected chi connectivity index (χ3v) is 3.43. The number of nitrogens with one attached hydrogen (secondary N) is 1. The van der Waals surface area contributed by atoms with Gasteiger partial charge in [-0.05, 0) is 38.5 Å². The van der Waals surface area contributed by atoms with Crippen molar-refractivity contribution in [3.8, 4) is 0 Å². The number of nitrogens with zero attached hydrogens (tertiary/aromatic N) is 1. The SMILES string of the molecule is CCOC1CC(Cc2[nH]nc(N)c2CC)C1. The molecule has 0 atom stereocenters. The van der Waals surface area contributed by atoms with Gasteiger partial charge in [-0.1, -0.05) is 6.92 Å². The highest BCUT2D eigenvalue weighted by molar-refractivity contribution is 5.42. The minimum absolute atomic E-state index is 0.486. The van der Waals surface area contributed by atoms with E-state index in [4.69, 9.17) is 10.5 Å². The van der Waals surface area contributed by atoms with Crippen molar-refractivity contribution < 1.29 is 4.74 Å². The van der Waals surface area contributed by atoms with Gasteiger partial charge in [0.2, 0.25) is 0 Å². The summed E-state index contributed by atoms with van der Waals surface area (Å²) in [6.07, 6.45) is 4.86. The normalized spacial score (nSPS) is 24.4. The van der Waals surface area contributed by atoms with Crippen molar-refractivity contribution in [3.63, 3.8) is 0 Å². The zero-order valence-electron chi connectivity index (χ0n) is 10.1. The van der Waals surface area contributed by atoms with E-state index in [2.05, 4.69) is 24.0 Å². The van der Waals surface area contributed by atoms with E-state index in [0.29, 0.717) is 11.9 Å². The molecule has 0 saturated heterocycles. The van der Waals surface area contributed by atoms with Gasteiger partial charge in [-0.3, -0.25) is 5.10 Å². The van der Waals surface area contributed by atoms with Crippen LogP contribution in [0.3, 0.4) is 0 Å². The second-order valence-corrected chi connectivity index (χ2v) is 4.54. The molecule has 0 aliphatic heterocycles. The van der Waals surface area contributed by atoms with Gasteiger partial charge in [0.25, 0.3) is 0 Å². The summed E-state index contributed by atoms with van der Waals surface area (Å²) in [5, 5.41) is 7.13. The lowest BCUT2D eigenvalue weighted by Crippen LogP contribution is -2.32. The molecule has 1 aliphatic rings. The fraction of sp³-hybridized carbons (Fsp3) is 0.750. The van der Waals surface area contributed by atoms with Crippen LogP contribution in [0.5, 0.6) is 0 Å². The number of ether oxygens (including phenoxy) is 1. The van der Waals surface area contributed by atoms with Crippen LogP contribution in [0, 0.1) is 5.92 Å². The Morgan fingerprint density at radius 3 is 2.81 bits per heavy atom. The van der Waals surface area contributed by atoms with Gasteiger partial charge in [0.15, 0.2) is 0 Å². The molecule has 0 amide bonds. The highest BCUT2D eigenvalue weighted by Gasteiger charge is 2.30. The summed E-state index contributed by atoms with van der Waals surface area (Å²) in [5.41, 5.74) is 8.21. The van der Waals surface area contributed by atoms with E-state index < -0.39 is 0 Å². The lowest BCUT2D eigenvalue weighted by atomic mass is 9.79. The Labute approximate surface area is 96.6 Å². The van der Waals surface area contributed by atoms with Crippen LogP contribution < -0.4 is 5.73 Å². The van der Waals surface area contributed by atoms with Crippen molar-refractivity contribution in [1.82, 2.24) is 10.2 Å². The highest BCUT2D eigenvalue weighted by Crippen LogP contribution is 2.33. The van der Waals surface area contributed by atoms with E-state index in [9.17, 15) is 0 Å². The number of aromatic amines is 1. The molecule has 1 saturated carbocycles. The second kappa shape index (κ2) is 4.87. The summed E-state index contributed by atoms with van der Waals surface area (Å²) in [7, 11) is 0. The second-order valence-electron chi connectivity index (χ2n) is 4.54. The van der Waals surface area contributed by atoms with Crippen LogP contribution in [0.25, 0.3) is 0 Å². The summed E-state index contributed by atoms with van der Waals surface area (Å²) in [6.45, 7) is 5.00. The minimum Gasteiger partial charge on any atom is -0.382 e. The zero-order valence-corrected chi connectivity index (χ0v) is 10.1. The molecule has 4 nitrogen and oxygen atoms in total. The molecular formula is C12H21N3O. The molecule has 0 aromatic carbocycles. The minimum atomic E-state index is 0.486. The zero-order chi connectivity index (χ0) is 11.5. The maximum Gasteiger partial charge on any atom is 0.148 e. The summed E-state index contributed by atoms with van der Waals surface area (Å²) >= 11 is 0. The summed E-state index contributed by atoms with van der Waals surface area (Å²) in [5.74, 6) is 1.40. The van der Waals surface area contributed by atoms with Crippen molar-refractivity contribution in [3.05, 3.63) is 11.3 Å². The monoisotopic (exact) mass is 223 g/mol. The number of nitrogen functional groups attached to an aromatic ring is 1. The molecule has 0 spiro atoms. The molecule has 0 bridgehead atoms. The Morgan fingerprint density at radius 1 is 1.44 bits per heavy atom. The van der Waals surface area contributed by atoms with Crippen LogP contribution >= 0.6 is 0 Å². The quantitative estimate of drug-likeness (QED) is 0.801. The van der Waals surface area contributed by atoms with Crippen LogP contribution in [0.4, 0.5) is 5.82 Å². The van der Waals surface area contributed by atoms with Crippen LogP contribution in [0.15, 0.2) is 0 Å². The van der Waals surface area contributed by atoms with E-state index >= 15 is 0 Å². The average molecular weight is 223 g/mol. The molecule has 3 N–H and O–H groups in total. The topological polar surface area (TPSA) is 63.9 Å². The van der Waals surface area contributed by atoms with Gasteiger partial charge < -0.3 is 10.5 Å². The molecule has 4 heteroatoms. The molecule has 16 heavy (non-hydrogen) atoms. The van der Waals surface area contributed by atoms with E-state index in [0.717, 1.165) is 25.4 Å². The van der Waals surface area contributed by atoms with E-state index in [1.807, 2.05) is 0 Å². The summed E-state index contributed by atoms with van der Waals surface area (Å²) in [6, 6.07) is 0. The number of H-pyrrole nitrogens is 1. The summed E-state index contributed by atoms with van der Waals surface area (Å²) in [4.78, 5) is 0. The molecule has 1 aliphatic carbocycles. The fourth-order valence-electron chi connectivity index (χ4n) is 2.48. The smallest absolute Gasteiger partial charge is 0.148 e. The van der Waals surface area contributed by atoms with Crippen molar-refractivity contribution in [2.75, 3.05) is 12.3 Å². The third-order valence-electron chi connectivity index (χ3n) is 3.43. The molecule has 2 rings (SSSR count). The van der Waals surface area contributed by atoms with Crippen LogP contribution in [-0.4, -0.2) is 22.9 Å². The first-order chi connectivity index (χ1) is 7.74. The van der Waals surface area contributed by atoms with Gasteiger partial charge in [-0.2, -0.15) is 5.10 Å². The van der Waals surface area contributed by atoms with Crippen molar-refractivity contribution in [2.24, 2.45) is 5.92 Å². The molecule has 1 aromatic rings. The van der Waals surface area contributed by atoms with Gasteiger partial charge in [-0.15, -0.1) is 0 Å². The molecule has 1 aromatic heterocycles. The Kier molecular flexibility index (Phi) is 3.49. The molecule has 1 fully saturated rings. The fourth-order valence-corrected chi connectivity index (χ4v) is 2.48. The molecular weight excluding hydrogens is 202 g/mol. The Hall–Kier alpha value is -1.03. The number of hydrogen-bond donors (Lipinski definition) is 2. The van der Waals surface area contributed by atoms with E-state index in [1.54, 1.807) is 0 Å². The lowest BCUT2D eigenvalue weighted by molar-refractivity contribution is -0.0243. The number of nitrogens with two attached hydrogens (primary N) is 1. The highest BCUT2D eigenvalue weighted by atomic mass is 16.5. The number of hydrogen-bond acceptors (Lipinski definition) is 3. The van der Waals surface area contributed by atoms with Gasteiger partial charge in [0.05, 0.1) is 6.10 Å². The van der Waals surface area contributed by atoms with Crippen LogP contribution in [0.2, 0.25) is 0 Å². The molecule has 1 heterocycles. The van der Waals surface area contributed by atoms with Gasteiger partial charge in [0, 0.05) is 17.9 Å². The first kappa shape index (κ1) is 11.5. The molecule has 90 valence electrons. The number of rotatable bonds is 5. The number of aromatic nitrogens is 2. The Morgan fingerprint density at radius 2 is 2.19 bits per heavy atom. The van der Waals surface area contributed by atoms with Crippen LogP contribution in [0.1, 0.15) is 37.9 Å². The standard InChI is InChI=1S/C12H21N3O/c1-3-10-11(14-15-12(10)13)7-8-5-9(6-8)16-4-2/h8-9H,3-7H2,1-2H3,(H3,13,14,15). The average Bonchev–Trinajstić information content (AvgIpc) is 2.56. The van der Waals surface area contributed by atoms with Crippen molar-refractivity contribution >= 4 is 5.82 Å². The van der Waals surface area contributed by atoms with E-state index in [1.165, 1.54) is 24.1 Å². The first-order valence-corrected chi connectivity index (χ1v) is 6.17. The van der Waals surface area contributed by atoms with E-state index in [-0.39, 0.29) is 0 Å². The van der Waals surface area contributed by atoms with Crippen molar-refractivity contribution in [2.45, 2.75) is 45.6 Å². The third kappa shape index (κ3) is 2.21. The number of anilines is 1. The lowest BCUT2D eigenvalue weighted by Gasteiger charge is -2.34. The largest absolute Gasteiger partial charge is 0.382 e. The van der Waals surface area contributed by atoms with Crippen LogP contribution in [-0.2, 0) is 17.6 Å². The Bertz CT molecular complexity index is 342. The Balaban J connectivity index is 1.86. The molecule has 0 unspecified atom stereocenters. The van der Waals surface area contributed by atoms with Gasteiger partial charge in [0.1, 0.15) is 5.82 Å². The molecule has 0 radical (unpaired) electrons.